The molecule has 0 saturated heterocycles. The van der Waals surface area contributed by atoms with E-state index in [0.717, 1.165) is 10.7 Å². The van der Waals surface area contributed by atoms with E-state index in [9.17, 15) is 4.79 Å². The van der Waals surface area contributed by atoms with Gasteiger partial charge in [-0.15, -0.1) is 11.3 Å². The fourth-order valence-electron chi connectivity index (χ4n) is 1.59. The van der Waals surface area contributed by atoms with Crippen LogP contribution in [0.25, 0.3) is 0 Å². The number of aromatic nitrogens is 1. The fraction of sp³-hybridized carbons (Fsp3) is 0.286. The van der Waals surface area contributed by atoms with Crippen LogP contribution in [0.2, 0.25) is 5.02 Å². The van der Waals surface area contributed by atoms with Gasteiger partial charge in [-0.2, -0.15) is 0 Å². The Morgan fingerprint density at radius 1 is 1.42 bits per heavy atom. The van der Waals surface area contributed by atoms with Crippen LogP contribution in [0.1, 0.15) is 30.5 Å². The molecule has 0 saturated carbocycles. The van der Waals surface area contributed by atoms with E-state index in [1.807, 2.05) is 17.5 Å². The normalized spacial score (nSPS) is 10.7. The largest absolute Gasteiger partial charge is 0.324 e. The Morgan fingerprint density at radius 3 is 2.79 bits per heavy atom. The molecule has 0 spiro atoms. The van der Waals surface area contributed by atoms with Gasteiger partial charge in [-0.3, -0.25) is 4.79 Å². The Balaban J connectivity index is 1.99. The SMILES string of the molecule is CC(C)c1nc(CC(=O)Nc2ccccc2Cl)cs1. The van der Waals surface area contributed by atoms with Gasteiger partial charge in [-0.25, -0.2) is 4.98 Å². The number of rotatable bonds is 4. The quantitative estimate of drug-likeness (QED) is 0.922. The van der Waals surface area contributed by atoms with E-state index in [1.165, 1.54) is 0 Å². The number of para-hydroxylation sites is 1. The van der Waals surface area contributed by atoms with Crippen molar-refractivity contribution < 1.29 is 4.79 Å². The van der Waals surface area contributed by atoms with E-state index in [-0.39, 0.29) is 12.3 Å². The van der Waals surface area contributed by atoms with Gasteiger partial charge in [0.05, 0.1) is 27.8 Å². The molecule has 0 aliphatic carbocycles. The summed E-state index contributed by atoms with van der Waals surface area (Å²) in [7, 11) is 0. The molecule has 0 radical (unpaired) electrons. The maximum atomic E-state index is 11.9. The maximum Gasteiger partial charge on any atom is 0.230 e. The van der Waals surface area contributed by atoms with Crippen LogP contribution in [0.5, 0.6) is 0 Å². The van der Waals surface area contributed by atoms with Crippen molar-refractivity contribution in [1.29, 1.82) is 0 Å². The van der Waals surface area contributed by atoms with Gasteiger partial charge in [0.1, 0.15) is 0 Å². The van der Waals surface area contributed by atoms with Crippen molar-refractivity contribution >= 4 is 34.5 Å². The molecule has 0 atom stereocenters. The van der Waals surface area contributed by atoms with Crippen LogP contribution in [0.3, 0.4) is 0 Å². The molecule has 3 nitrogen and oxygen atoms in total. The lowest BCUT2D eigenvalue weighted by Gasteiger charge is -2.05. The zero-order chi connectivity index (χ0) is 13.8. The van der Waals surface area contributed by atoms with Crippen LogP contribution in [-0.4, -0.2) is 10.9 Å². The van der Waals surface area contributed by atoms with Crippen molar-refractivity contribution in [3.8, 4) is 0 Å². The molecule has 2 aromatic rings. The minimum absolute atomic E-state index is 0.103. The van der Waals surface area contributed by atoms with E-state index in [0.29, 0.717) is 16.6 Å². The Bertz CT molecular complexity index is 580. The lowest BCUT2D eigenvalue weighted by Crippen LogP contribution is -2.14. The summed E-state index contributed by atoms with van der Waals surface area (Å²) in [5.74, 6) is 0.291. The second-order valence-corrected chi connectivity index (χ2v) is 5.83. The standard InChI is InChI=1S/C14H15ClN2OS/c1-9(2)14-16-10(8-19-14)7-13(18)17-12-6-4-3-5-11(12)15/h3-6,8-9H,7H2,1-2H3,(H,17,18). The number of hydrogen-bond acceptors (Lipinski definition) is 3. The molecule has 1 heterocycles. The van der Waals surface area contributed by atoms with Crippen molar-refractivity contribution in [2.75, 3.05) is 5.32 Å². The van der Waals surface area contributed by atoms with E-state index >= 15 is 0 Å². The predicted molar refractivity (Wildman–Crippen MR) is 80.0 cm³/mol. The number of nitrogens with zero attached hydrogens (tertiary/aromatic N) is 1. The lowest BCUT2D eigenvalue weighted by atomic mass is 10.2. The van der Waals surface area contributed by atoms with E-state index in [1.54, 1.807) is 23.5 Å². The molecule has 0 unspecified atom stereocenters. The van der Waals surface area contributed by atoms with Crippen molar-refractivity contribution in [2.45, 2.75) is 26.2 Å². The number of anilines is 1. The van der Waals surface area contributed by atoms with Crippen LogP contribution in [-0.2, 0) is 11.2 Å². The Labute approximate surface area is 121 Å². The molecular weight excluding hydrogens is 280 g/mol. The minimum Gasteiger partial charge on any atom is -0.324 e. The highest BCUT2D eigenvalue weighted by Crippen LogP contribution is 2.22. The van der Waals surface area contributed by atoms with Gasteiger partial charge in [-0.05, 0) is 12.1 Å². The molecule has 5 heteroatoms. The molecule has 19 heavy (non-hydrogen) atoms. The zero-order valence-corrected chi connectivity index (χ0v) is 12.4. The third kappa shape index (κ3) is 3.78. The van der Waals surface area contributed by atoms with Crippen molar-refractivity contribution in [3.63, 3.8) is 0 Å². The molecule has 1 aromatic heterocycles. The molecule has 1 amide bonds. The van der Waals surface area contributed by atoms with Crippen LogP contribution >= 0.6 is 22.9 Å². The molecule has 2 rings (SSSR count). The number of benzene rings is 1. The fourth-order valence-corrected chi connectivity index (χ4v) is 2.61. The Kier molecular flexibility index (Phi) is 4.56. The number of thiazole rings is 1. The highest BCUT2D eigenvalue weighted by Gasteiger charge is 2.10. The Hall–Kier alpha value is -1.39. The second kappa shape index (κ2) is 6.17. The maximum absolute atomic E-state index is 11.9. The highest BCUT2D eigenvalue weighted by atomic mass is 35.5. The van der Waals surface area contributed by atoms with Gasteiger partial charge >= 0.3 is 0 Å². The average molecular weight is 295 g/mol. The number of hydrogen-bond donors (Lipinski definition) is 1. The van der Waals surface area contributed by atoms with Crippen LogP contribution in [0.15, 0.2) is 29.6 Å². The number of amides is 1. The Morgan fingerprint density at radius 2 is 2.16 bits per heavy atom. The topological polar surface area (TPSA) is 42.0 Å². The summed E-state index contributed by atoms with van der Waals surface area (Å²) >= 11 is 7.58. The molecular formula is C14H15ClN2OS. The summed E-state index contributed by atoms with van der Waals surface area (Å²) in [4.78, 5) is 16.3. The number of carbonyl (C=O) groups excluding carboxylic acids is 1. The first kappa shape index (κ1) is 14.0. The van der Waals surface area contributed by atoms with Gasteiger partial charge in [-0.1, -0.05) is 37.6 Å². The highest BCUT2D eigenvalue weighted by molar-refractivity contribution is 7.09. The summed E-state index contributed by atoms with van der Waals surface area (Å²) in [6.07, 6.45) is 0.272. The molecule has 0 aliphatic rings. The molecule has 0 bridgehead atoms. The smallest absolute Gasteiger partial charge is 0.230 e. The zero-order valence-electron chi connectivity index (χ0n) is 10.8. The van der Waals surface area contributed by atoms with E-state index in [4.69, 9.17) is 11.6 Å². The summed E-state index contributed by atoms with van der Waals surface area (Å²) in [5.41, 5.74) is 1.44. The van der Waals surface area contributed by atoms with Gasteiger partial charge in [0.15, 0.2) is 0 Å². The first-order valence-electron chi connectivity index (χ1n) is 6.05. The van der Waals surface area contributed by atoms with Crippen LogP contribution in [0.4, 0.5) is 5.69 Å². The molecule has 1 N–H and O–H groups in total. The monoisotopic (exact) mass is 294 g/mol. The van der Waals surface area contributed by atoms with Crippen LogP contribution in [0, 0.1) is 0 Å². The van der Waals surface area contributed by atoms with Crippen molar-refractivity contribution in [2.24, 2.45) is 0 Å². The van der Waals surface area contributed by atoms with E-state index in [2.05, 4.69) is 24.1 Å². The summed E-state index contributed by atoms with van der Waals surface area (Å²) in [5, 5.41) is 6.32. The van der Waals surface area contributed by atoms with Gasteiger partial charge < -0.3 is 5.32 Å². The van der Waals surface area contributed by atoms with Gasteiger partial charge in [0.2, 0.25) is 5.91 Å². The number of carbonyl (C=O) groups is 1. The average Bonchev–Trinajstić information content (AvgIpc) is 2.80. The van der Waals surface area contributed by atoms with Crippen LogP contribution < -0.4 is 5.32 Å². The summed E-state index contributed by atoms with van der Waals surface area (Å²) in [6.45, 7) is 4.18. The van der Waals surface area contributed by atoms with Gasteiger partial charge in [0.25, 0.3) is 0 Å². The van der Waals surface area contributed by atoms with E-state index < -0.39 is 0 Å². The minimum atomic E-state index is -0.103. The predicted octanol–water partition coefficient (Wildman–Crippen LogP) is 4.10. The molecule has 1 aromatic carbocycles. The number of nitrogens with one attached hydrogen (secondary N) is 1. The summed E-state index contributed by atoms with van der Waals surface area (Å²) < 4.78 is 0. The van der Waals surface area contributed by atoms with Gasteiger partial charge in [0, 0.05) is 11.3 Å². The van der Waals surface area contributed by atoms with Crippen molar-refractivity contribution in [1.82, 2.24) is 4.98 Å². The third-order valence-electron chi connectivity index (χ3n) is 2.55. The second-order valence-electron chi connectivity index (χ2n) is 4.54. The summed E-state index contributed by atoms with van der Waals surface area (Å²) in [6, 6.07) is 7.19. The first-order valence-corrected chi connectivity index (χ1v) is 7.30. The molecule has 0 fully saturated rings. The third-order valence-corrected chi connectivity index (χ3v) is 4.08. The number of halogens is 1. The first-order chi connectivity index (χ1) is 9.06. The lowest BCUT2D eigenvalue weighted by molar-refractivity contribution is -0.115. The molecule has 0 aliphatic heterocycles. The van der Waals surface area contributed by atoms with Crippen molar-refractivity contribution in [3.05, 3.63) is 45.4 Å². The molecule has 100 valence electrons.